The van der Waals surface area contributed by atoms with Crippen molar-refractivity contribution in [3.8, 4) is 5.75 Å². The first-order valence-electron chi connectivity index (χ1n) is 8.43. The van der Waals surface area contributed by atoms with Crippen molar-refractivity contribution in [2.75, 3.05) is 19.4 Å². The van der Waals surface area contributed by atoms with Crippen LogP contribution in [0.25, 0.3) is 17.0 Å². The van der Waals surface area contributed by atoms with Gasteiger partial charge in [-0.2, -0.15) is 0 Å². The van der Waals surface area contributed by atoms with Crippen LogP contribution in [0.5, 0.6) is 5.75 Å². The van der Waals surface area contributed by atoms with E-state index in [0.717, 1.165) is 46.9 Å². The maximum atomic E-state index is 6.08. The van der Waals surface area contributed by atoms with Crippen LogP contribution in [0.1, 0.15) is 22.4 Å². The van der Waals surface area contributed by atoms with Crippen molar-refractivity contribution >= 4 is 28.4 Å². The second-order valence-corrected chi connectivity index (χ2v) is 6.37. The van der Waals surface area contributed by atoms with Crippen molar-refractivity contribution in [2.24, 2.45) is 4.99 Å². The maximum absolute atomic E-state index is 6.08. The molecular formula is C21H21N3O. The second kappa shape index (κ2) is 6.13. The summed E-state index contributed by atoms with van der Waals surface area (Å²) in [5, 5.41) is 1.24. The number of aliphatic imine (C=N–C) groups is 1. The third-order valence-electron chi connectivity index (χ3n) is 4.68. The predicted molar refractivity (Wildman–Crippen MR) is 105 cm³/mol. The molecule has 0 fully saturated rings. The summed E-state index contributed by atoms with van der Waals surface area (Å²) in [6.07, 6.45) is 5.05. The number of allylic oxidation sites excluding steroid dienone is 1. The van der Waals surface area contributed by atoms with E-state index in [1.165, 1.54) is 16.5 Å². The van der Waals surface area contributed by atoms with Gasteiger partial charge in [0.05, 0.1) is 18.5 Å². The molecule has 0 saturated heterocycles. The predicted octanol–water partition coefficient (Wildman–Crippen LogP) is 4.13. The van der Waals surface area contributed by atoms with Gasteiger partial charge < -0.3 is 15.5 Å². The lowest BCUT2D eigenvalue weighted by Crippen LogP contribution is -2.10. The molecule has 126 valence electrons. The Bertz CT molecular complexity index is 1010. The molecule has 2 heterocycles. The van der Waals surface area contributed by atoms with Gasteiger partial charge in [-0.15, -0.1) is 0 Å². The van der Waals surface area contributed by atoms with Crippen LogP contribution in [0.15, 0.2) is 47.5 Å². The minimum atomic E-state index is 0.778. The third kappa shape index (κ3) is 2.80. The van der Waals surface area contributed by atoms with Gasteiger partial charge in [0.2, 0.25) is 0 Å². The number of hydrogen-bond donors (Lipinski definition) is 2. The molecule has 4 heteroatoms. The summed E-state index contributed by atoms with van der Waals surface area (Å²) in [4.78, 5) is 8.21. The van der Waals surface area contributed by atoms with E-state index in [-0.39, 0.29) is 0 Å². The molecule has 1 aliphatic heterocycles. The number of nitrogen functional groups attached to an aromatic ring is 1. The highest BCUT2D eigenvalue weighted by atomic mass is 16.5. The number of nitrogens with one attached hydrogen (secondary N) is 1. The van der Waals surface area contributed by atoms with Crippen LogP contribution in [-0.2, 0) is 6.42 Å². The zero-order valence-electron chi connectivity index (χ0n) is 14.5. The molecule has 0 amide bonds. The van der Waals surface area contributed by atoms with E-state index in [9.17, 15) is 0 Å². The fourth-order valence-electron chi connectivity index (χ4n) is 3.35. The number of ether oxygens (including phenoxy) is 1. The summed E-state index contributed by atoms with van der Waals surface area (Å²) in [5.74, 6) is 0.854. The Hall–Kier alpha value is -3.01. The van der Waals surface area contributed by atoms with Gasteiger partial charge in [0, 0.05) is 29.2 Å². The molecule has 0 unspecified atom stereocenters. The zero-order valence-corrected chi connectivity index (χ0v) is 14.5. The normalized spacial score (nSPS) is 13.9. The zero-order chi connectivity index (χ0) is 17.4. The molecular weight excluding hydrogens is 310 g/mol. The summed E-state index contributed by atoms with van der Waals surface area (Å²) in [6.45, 7) is 2.87. The fourth-order valence-corrected chi connectivity index (χ4v) is 3.35. The van der Waals surface area contributed by atoms with Crippen molar-refractivity contribution < 1.29 is 4.74 Å². The Morgan fingerprint density at radius 2 is 2.04 bits per heavy atom. The van der Waals surface area contributed by atoms with Gasteiger partial charge in [-0.1, -0.05) is 17.7 Å². The first-order valence-corrected chi connectivity index (χ1v) is 8.43. The van der Waals surface area contributed by atoms with Crippen LogP contribution in [0.2, 0.25) is 0 Å². The monoisotopic (exact) mass is 331 g/mol. The molecule has 2 aromatic carbocycles. The first-order chi connectivity index (χ1) is 12.2. The molecule has 1 aliphatic rings. The largest absolute Gasteiger partial charge is 0.497 e. The van der Waals surface area contributed by atoms with Crippen LogP contribution >= 0.6 is 0 Å². The Balaban J connectivity index is 1.74. The number of aromatic amines is 1. The number of aryl methyl sites for hydroxylation is 1. The minimum Gasteiger partial charge on any atom is -0.497 e. The summed E-state index contributed by atoms with van der Waals surface area (Å²) >= 11 is 0. The number of aromatic nitrogens is 1. The average Bonchev–Trinajstić information content (AvgIpc) is 3.00. The molecule has 3 aromatic rings. The highest BCUT2D eigenvalue weighted by Gasteiger charge is 2.18. The Morgan fingerprint density at radius 3 is 2.88 bits per heavy atom. The smallest absolute Gasteiger partial charge is 0.120 e. The van der Waals surface area contributed by atoms with Gasteiger partial charge in [-0.05, 0) is 54.8 Å². The van der Waals surface area contributed by atoms with Gasteiger partial charge in [0.25, 0.3) is 0 Å². The lowest BCUT2D eigenvalue weighted by Gasteiger charge is -2.10. The Kier molecular flexibility index (Phi) is 3.80. The van der Waals surface area contributed by atoms with Gasteiger partial charge in [0.15, 0.2) is 0 Å². The van der Waals surface area contributed by atoms with Crippen molar-refractivity contribution in [3.05, 3.63) is 64.9 Å². The average molecular weight is 331 g/mol. The van der Waals surface area contributed by atoms with E-state index < -0.39 is 0 Å². The van der Waals surface area contributed by atoms with Crippen molar-refractivity contribution in [1.82, 2.24) is 4.98 Å². The molecule has 3 N–H and O–H groups in total. The third-order valence-corrected chi connectivity index (χ3v) is 4.68. The van der Waals surface area contributed by atoms with Crippen LogP contribution in [0, 0.1) is 6.92 Å². The lowest BCUT2D eigenvalue weighted by molar-refractivity contribution is 0.415. The number of benzene rings is 2. The van der Waals surface area contributed by atoms with Gasteiger partial charge in [-0.3, -0.25) is 4.99 Å². The SMILES string of the molecule is COc1ccc2c3c([nH]c2c1)C(/C=C/c1cc(C)ccc1N)=NCC3. The van der Waals surface area contributed by atoms with E-state index in [2.05, 4.69) is 30.1 Å². The molecule has 0 aliphatic carbocycles. The van der Waals surface area contributed by atoms with Crippen molar-refractivity contribution in [3.63, 3.8) is 0 Å². The van der Waals surface area contributed by atoms with Gasteiger partial charge in [0.1, 0.15) is 5.75 Å². The van der Waals surface area contributed by atoms with Gasteiger partial charge >= 0.3 is 0 Å². The van der Waals surface area contributed by atoms with Crippen LogP contribution in [0.3, 0.4) is 0 Å². The number of hydrogen-bond acceptors (Lipinski definition) is 3. The number of nitrogens with two attached hydrogens (primary N) is 1. The van der Waals surface area contributed by atoms with Crippen LogP contribution < -0.4 is 10.5 Å². The number of rotatable bonds is 3. The number of nitrogens with zero attached hydrogens (tertiary/aromatic N) is 1. The molecule has 4 nitrogen and oxygen atoms in total. The number of anilines is 1. The lowest BCUT2D eigenvalue weighted by atomic mass is 10.0. The first kappa shape index (κ1) is 15.5. The molecule has 0 spiro atoms. The topological polar surface area (TPSA) is 63.4 Å². The quantitative estimate of drug-likeness (QED) is 0.709. The highest BCUT2D eigenvalue weighted by molar-refractivity contribution is 6.14. The standard InChI is InChI=1S/C21H21N3O/c1-13-3-7-18(22)14(11-13)4-8-19-21-17(9-10-23-19)16-6-5-15(25-2)12-20(16)24-21/h3-8,11-12,24H,9-10,22H2,1-2H3/b8-4+. The highest BCUT2D eigenvalue weighted by Crippen LogP contribution is 2.29. The molecule has 1 aromatic heterocycles. The summed E-state index contributed by atoms with van der Waals surface area (Å²) in [7, 11) is 1.69. The van der Waals surface area contributed by atoms with Crippen LogP contribution in [0.4, 0.5) is 5.69 Å². The summed E-state index contributed by atoms with van der Waals surface area (Å²) < 4.78 is 5.33. The molecule has 25 heavy (non-hydrogen) atoms. The number of fused-ring (bicyclic) bond motifs is 3. The molecule has 0 saturated carbocycles. The second-order valence-electron chi connectivity index (χ2n) is 6.37. The molecule has 0 radical (unpaired) electrons. The van der Waals surface area contributed by atoms with E-state index in [1.54, 1.807) is 7.11 Å². The number of methoxy groups -OCH3 is 1. The van der Waals surface area contributed by atoms with E-state index in [4.69, 9.17) is 15.5 Å². The van der Waals surface area contributed by atoms with Gasteiger partial charge in [-0.25, -0.2) is 0 Å². The Labute approximate surface area is 147 Å². The van der Waals surface area contributed by atoms with E-state index in [0.29, 0.717) is 0 Å². The summed E-state index contributed by atoms with van der Waals surface area (Å²) in [6, 6.07) is 12.2. The number of H-pyrrole nitrogens is 1. The Morgan fingerprint density at radius 1 is 1.16 bits per heavy atom. The maximum Gasteiger partial charge on any atom is 0.120 e. The van der Waals surface area contributed by atoms with Crippen LogP contribution in [-0.4, -0.2) is 24.4 Å². The fraction of sp³-hybridized carbons (Fsp3) is 0.190. The summed E-state index contributed by atoms with van der Waals surface area (Å²) in [5.41, 5.74) is 13.5. The minimum absolute atomic E-state index is 0.778. The van der Waals surface area contributed by atoms with E-state index in [1.807, 2.05) is 30.3 Å². The molecule has 4 rings (SSSR count). The van der Waals surface area contributed by atoms with Crippen molar-refractivity contribution in [1.29, 1.82) is 0 Å². The van der Waals surface area contributed by atoms with Crippen molar-refractivity contribution in [2.45, 2.75) is 13.3 Å². The molecule has 0 bridgehead atoms. The van der Waals surface area contributed by atoms with E-state index >= 15 is 0 Å². The molecule has 0 atom stereocenters.